The molecule has 1 aliphatic heterocycles. The molecular weight excluding hydrogens is 608 g/mol. The number of Topliss-reactive ketones (excluding diaryl/α,β-unsaturated/α-hetero) is 1. The smallest absolute Gasteiger partial charge is 0.254 e. The molecule has 2 aromatic carbocycles. The zero-order valence-electron chi connectivity index (χ0n) is 23.1. The predicted octanol–water partition coefficient (Wildman–Crippen LogP) is 4.08. The van der Waals surface area contributed by atoms with E-state index in [0.29, 0.717) is 39.4 Å². The number of nitrogens with two attached hydrogens (primary N) is 2. The number of rotatable bonds is 14. The Morgan fingerprint density at radius 2 is 1.46 bits per heavy atom. The molecule has 0 bridgehead atoms. The number of amides is 2. The lowest BCUT2D eigenvalue weighted by Crippen LogP contribution is -2.57. The van der Waals surface area contributed by atoms with Gasteiger partial charge in [-0.05, 0) is 81.1 Å². The summed E-state index contributed by atoms with van der Waals surface area (Å²) in [5, 5.41) is 1.96. The molecule has 1 unspecified atom stereocenters. The van der Waals surface area contributed by atoms with Crippen LogP contribution in [0.5, 0.6) is 0 Å². The molecule has 224 valence electrons. The molecule has 1 saturated heterocycles. The number of carbonyl (C=O) groups is 3. The quantitative estimate of drug-likeness (QED) is 0.298. The Morgan fingerprint density at radius 1 is 0.902 bits per heavy atom. The van der Waals surface area contributed by atoms with Crippen LogP contribution in [0, 0.1) is 0 Å². The van der Waals surface area contributed by atoms with E-state index in [0.717, 1.165) is 35.4 Å². The van der Waals surface area contributed by atoms with E-state index >= 15 is 0 Å². The maximum atomic E-state index is 14.0. The second-order valence-corrected chi connectivity index (χ2v) is 11.9. The number of imide groups is 1. The van der Waals surface area contributed by atoms with Crippen LogP contribution in [0.25, 0.3) is 0 Å². The van der Waals surface area contributed by atoms with Gasteiger partial charge in [0, 0.05) is 45.8 Å². The Kier molecular flexibility index (Phi) is 13.3. The molecule has 41 heavy (non-hydrogen) atoms. The van der Waals surface area contributed by atoms with E-state index in [-0.39, 0.29) is 38.8 Å². The van der Waals surface area contributed by atoms with E-state index in [1.807, 2.05) is 19.2 Å². The van der Waals surface area contributed by atoms with Gasteiger partial charge in [-0.2, -0.15) is 0 Å². The average molecular weight is 645 g/mol. The molecule has 2 aromatic rings. The van der Waals surface area contributed by atoms with Crippen molar-refractivity contribution in [1.82, 2.24) is 14.7 Å². The lowest BCUT2D eigenvalue weighted by Gasteiger charge is -2.34. The summed E-state index contributed by atoms with van der Waals surface area (Å²) >= 11 is 25.0. The molecule has 4 N–H and O–H groups in total. The Morgan fingerprint density at radius 3 is 1.90 bits per heavy atom. The van der Waals surface area contributed by atoms with Crippen LogP contribution in [-0.2, 0) is 27.2 Å². The average Bonchev–Trinajstić information content (AvgIpc) is 3.35. The molecule has 1 aliphatic rings. The minimum atomic E-state index is -1.28. The van der Waals surface area contributed by atoms with Gasteiger partial charge in [0.25, 0.3) is 5.91 Å². The summed E-state index contributed by atoms with van der Waals surface area (Å²) in [4.78, 5) is 45.4. The highest BCUT2D eigenvalue weighted by Crippen LogP contribution is 2.25. The van der Waals surface area contributed by atoms with Crippen LogP contribution in [-0.4, -0.2) is 90.7 Å². The first kappa shape index (κ1) is 33.7. The summed E-state index contributed by atoms with van der Waals surface area (Å²) in [6.45, 7) is 0.975. The highest BCUT2D eigenvalue weighted by molar-refractivity contribution is 6.35. The molecule has 3 rings (SSSR count). The molecule has 0 aromatic heterocycles. The number of halogens is 4. The zero-order chi connectivity index (χ0) is 30.1. The Balaban J connectivity index is 1.91. The molecule has 8 nitrogen and oxygen atoms in total. The highest BCUT2D eigenvalue weighted by Gasteiger charge is 2.37. The summed E-state index contributed by atoms with van der Waals surface area (Å²) in [6, 6.07) is 9.33. The number of nitrogens with zero attached hydrogens (tertiary/aromatic N) is 3. The maximum absolute atomic E-state index is 14.0. The van der Waals surface area contributed by atoms with Gasteiger partial charge in [0.05, 0.1) is 13.1 Å². The first-order valence-electron chi connectivity index (χ1n) is 13.6. The Bertz CT molecular complexity index is 1180. The van der Waals surface area contributed by atoms with Crippen LogP contribution < -0.4 is 11.5 Å². The first-order valence-corrected chi connectivity index (χ1v) is 15.2. The van der Waals surface area contributed by atoms with Crippen molar-refractivity contribution in [2.45, 2.75) is 44.2 Å². The fourth-order valence-electron chi connectivity index (χ4n) is 5.19. The summed E-state index contributed by atoms with van der Waals surface area (Å²) in [6.07, 6.45) is 3.48. The Labute approximate surface area is 261 Å². The van der Waals surface area contributed by atoms with Crippen LogP contribution in [0.3, 0.4) is 0 Å². The number of carbonyl (C=O) groups excluding carboxylic acids is 3. The summed E-state index contributed by atoms with van der Waals surface area (Å²) in [5.74, 6) is -1.65. The molecule has 1 heterocycles. The maximum Gasteiger partial charge on any atom is 0.254 e. The molecule has 12 heteroatoms. The van der Waals surface area contributed by atoms with Crippen molar-refractivity contribution in [3.8, 4) is 0 Å². The van der Waals surface area contributed by atoms with Crippen molar-refractivity contribution in [2.24, 2.45) is 11.5 Å². The van der Waals surface area contributed by atoms with E-state index in [4.69, 9.17) is 57.9 Å². The number of benzene rings is 2. The van der Waals surface area contributed by atoms with Crippen LogP contribution in [0.1, 0.15) is 30.4 Å². The highest BCUT2D eigenvalue weighted by atomic mass is 35.5. The van der Waals surface area contributed by atoms with Crippen LogP contribution in [0.15, 0.2) is 36.4 Å². The third kappa shape index (κ3) is 9.37. The van der Waals surface area contributed by atoms with E-state index in [1.165, 1.54) is 0 Å². The van der Waals surface area contributed by atoms with Crippen LogP contribution >= 0.6 is 46.4 Å². The SMILES string of the molecule is CN1CCCC1CCN(C(=O)CN)C(=O)[C@H](C(=O)CN)N(CCc1ccc(Cl)cc1Cl)CCc1ccc(Cl)cc1Cl. The minimum absolute atomic E-state index is 0.165. The van der Waals surface area contributed by atoms with E-state index < -0.39 is 23.6 Å². The van der Waals surface area contributed by atoms with Crippen molar-refractivity contribution in [1.29, 1.82) is 0 Å². The molecule has 2 atom stereocenters. The molecule has 1 fully saturated rings. The van der Waals surface area contributed by atoms with Crippen molar-refractivity contribution >= 4 is 64.0 Å². The summed E-state index contributed by atoms with van der Waals surface area (Å²) in [7, 11) is 2.03. The van der Waals surface area contributed by atoms with Gasteiger partial charge >= 0.3 is 0 Å². The van der Waals surface area contributed by atoms with Gasteiger partial charge in [0.2, 0.25) is 5.91 Å². The summed E-state index contributed by atoms with van der Waals surface area (Å²) in [5.41, 5.74) is 13.1. The van der Waals surface area contributed by atoms with Crippen LogP contribution in [0.2, 0.25) is 20.1 Å². The van der Waals surface area contributed by atoms with E-state index in [2.05, 4.69) is 4.90 Å². The van der Waals surface area contributed by atoms with Crippen molar-refractivity contribution in [3.63, 3.8) is 0 Å². The summed E-state index contributed by atoms with van der Waals surface area (Å²) < 4.78 is 0. The lowest BCUT2D eigenvalue weighted by molar-refractivity contribution is -0.150. The molecule has 0 aliphatic carbocycles. The number of likely N-dealkylation sites (tertiary alicyclic amines) is 1. The molecule has 0 radical (unpaired) electrons. The zero-order valence-corrected chi connectivity index (χ0v) is 26.2. The van der Waals surface area contributed by atoms with Gasteiger partial charge in [-0.25, -0.2) is 0 Å². The fraction of sp³-hybridized carbons (Fsp3) is 0.483. The fourth-order valence-corrected chi connectivity index (χ4v) is 6.20. The largest absolute Gasteiger partial charge is 0.324 e. The second kappa shape index (κ2) is 16.2. The molecule has 0 saturated carbocycles. The van der Waals surface area contributed by atoms with Gasteiger partial charge in [0.15, 0.2) is 11.8 Å². The standard InChI is InChI=1S/C29H37Cl4N5O3/c1-36-11-2-3-23(36)10-14-38(27(40)18-35)29(41)28(26(39)17-34)37(12-8-19-4-6-21(30)15-24(19)32)13-9-20-5-7-22(31)16-25(20)33/h4-7,15-16,23,28H,2-3,8-14,17-18,34-35H2,1H3/t23?,28-/m0/s1. The van der Waals surface area contributed by atoms with Crippen molar-refractivity contribution < 1.29 is 14.4 Å². The Hall–Kier alpha value is -1.75. The molecular formula is C29H37Cl4N5O3. The van der Waals surface area contributed by atoms with Gasteiger partial charge in [-0.15, -0.1) is 0 Å². The van der Waals surface area contributed by atoms with Gasteiger partial charge in [-0.1, -0.05) is 58.5 Å². The topological polar surface area (TPSA) is 113 Å². The van der Waals surface area contributed by atoms with E-state index in [9.17, 15) is 14.4 Å². The number of hydrogen-bond acceptors (Lipinski definition) is 7. The van der Waals surface area contributed by atoms with E-state index in [1.54, 1.807) is 29.2 Å². The monoisotopic (exact) mass is 643 g/mol. The normalized spacial score (nSPS) is 16.2. The number of hydrogen-bond donors (Lipinski definition) is 2. The third-order valence-corrected chi connectivity index (χ3v) is 8.75. The van der Waals surface area contributed by atoms with Crippen LogP contribution in [0.4, 0.5) is 0 Å². The predicted molar refractivity (Wildman–Crippen MR) is 166 cm³/mol. The van der Waals surface area contributed by atoms with Gasteiger partial charge in [0.1, 0.15) is 0 Å². The van der Waals surface area contributed by atoms with Crippen molar-refractivity contribution in [3.05, 3.63) is 67.6 Å². The molecule has 0 spiro atoms. The van der Waals surface area contributed by atoms with Crippen molar-refractivity contribution in [2.75, 3.05) is 46.3 Å². The second-order valence-electron chi connectivity index (χ2n) is 10.2. The van der Waals surface area contributed by atoms with Gasteiger partial charge in [-0.3, -0.25) is 24.2 Å². The molecule has 2 amide bonds. The minimum Gasteiger partial charge on any atom is -0.324 e. The van der Waals surface area contributed by atoms with Gasteiger partial charge < -0.3 is 16.4 Å². The first-order chi connectivity index (χ1) is 19.5. The number of ketones is 1. The third-order valence-electron chi connectivity index (χ3n) is 7.57. The lowest BCUT2D eigenvalue weighted by atomic mass is 10.0.